The van der Waals surface area contributed by atoms with E-state index in [1.165, 1.54) is 17.4 Å². The van der Waals surface area contributed by atoms with Gasteiger partial charge in [0.2, 0.25) is 10.0 Å². The molecule has 0 heterocycles. The Balaban J connectivity index is 2.25. The molecule has 21 heavy (non-hydrogen) atoms. The molecule has 0 atom stereocenters. The number of hydrogen-bond acceptors (Lipinski definition) is 4. The van der Waals surface area contributed by atoms with Gasteiger partial charge in [0.25, 0.3) is 0 Å². The molecular formula is C15H15N3O2S. The van der Waals surface area contributed by atoms with Gasteiger partial charge < -0.3 is 5.73 Å². The topological polar surface area (TPSA) is 87.2 Å². The molecule has 5 nitrogen and oxygen atoms in total. The average molecular weight is 301 g/mol. The minimum atomic E-state index is -3.64. The van der Waals surface area contributed by atoms with Gasteiger partial charge in [-0.25, -0.2) is 8.42 Å². The van der Waals surface area contributed by atoms with E-state index in [4.69, 9.17) is 11.0 Å². The molecule has 6 heteroatoms. The van der Waals surface area contributed by atoms with Gasteiger partial charge in [0.05, 0.1) is 17.3 Å². The molecule has 0 bridgehead atoms. The number of benzene rings is 2. The van der Waals surface area contributed by atoms with Crippen LogP contribution in [0.1, 0.15) is 11.1 Å². The Labute approximate surface area is 124 Å². The van der Waals surface area contributed by atoms with Gasteiger partial charge in [0.1, 0.15) is 4.90 Å². The molecule has 0 aliphatic carbocycles. The predicted molar refractivity (Wildman–Crippen MR) is 80.7 cm³/mol. The van der Waals surface area contributed by atoms with Gasteiger partial charge in [-0.1, -0.05) is 24.3 Å². The fourth-order valence-electron chi connectivity index (χ4n) is 1.91. The molecule has 0 saturated heterocycles. The van der Waals surface area contributed by atoms with Crippen LogP contribution in [0.3, 0.4) is 0 Å². The van der Waals surface area contributed by atoms with Gasteiger partial charge in [-0.15, -0.1) is 0 Å². The van der Waals surface area contributed by atoms with E-state index in [-0.39, 0.29) is 17.1 Å². The molecule has 0 unspecified atom stereocenters. The first kappa shape index (κ1) is 15.0. The van der Waals surface area contributed by atoms with Crippen molar-refractivity contribution in [3.63, 3.8) is 0 Å². The van der Waals surface area contributed by atoms with E-state index >= 15 is 0 Å². The first-order valence-corrected chi connectivity index (χ1v) is 7.69. The number of sulfonamides is 1. The van der Waals surface area contributed by atoms with Crippen molar-refractivity contribution in [2.75, 3.05) is 12.8 Å². The third-order valence-corrected chi connectivity index (χ3v) is 4.97. The lowest BCUT2D eigenvalue weighted by Gasteiger charge is -2.18. The Kier molecular flexibility index (Phi) is 4.26. The zero-order valence-electron chi connectivity index (χ0n) is 11.5. The number of rotatable bonds is 4. The average Bonchev–Trinajstić information content (AvgIpc) is 2.48. The largest absolute Gasteiger partial charge is 0.398 e. The quantitative estimate of drug-likeness (QED) is 0.874. The number of nitriles is 1. The summed E-state index contributed by atoms with van der Waals surface area (Å²) in [4.78, 5) is 0.0983. The molecule has 2 aromatic carbocycles. The van der Waals surface area contributed by atoms with Crippen LogP contribution in [0.4, 0.5) is 5.69 Å². The second-order valence-electron chi connectivity index (χ2n) is 4.61. The SMILES string of the molecule is CN(Cc1ccc(C#N)cc1)S(=O)(=O)c1ccccc1N. The van der Waals surface area contributed by atoms with Crippen LogP contribution in [0.15, 0.2) is 53.4 Å². The molecule has 0 radical (unpaired) electrons. The molecule has 0 aliphatic heterocycles. The molecule has 0 aromatic heterocycles. The minimum absolute atomic E-state index is 0.0983. The molecule has 2 rings (SSSR count). The number of nitrogens with two attached hydrogens (primary N) is 1. The molecule has 0 fully saturated rings. The first-order chi connectivity index (χ1) is 9.95. The van der Waals surface area contributed by atoms with Crippen LogP contribution in [-0.4, -0.2) is 19.8 Å². The third-order valence-electron chi connectivity index (χ3n) is 3.10. The van der Waals surface area contributed by atoms with Crippen molar-refractivity contribution >= 4 is 15.7 Å². The van der Waals surface area contributed by atoms with E-state index in [0.717, 1.165) is 5.56 Å². The zero-order chi connectivity index (χ0) is 15.5. The second-order valence-corrected chi connectivity index (χ2v) is 6.62. The summed E-state index contributed by atoms with van der Waals surface area (Å²) in [6.45, 7) is 0.211. The highest BCUT2D eigenvalue weighted by molar-refractivity contribution is 7.89. The highest BCUT2D eigenvalue weighted by atomic mass is 32.2. The molecule has 0 spiro atoms. The Hall–Kier alpha value is -2.36. The van der Waals surface area contributed by atoms with Crippen molar-refractivity contribution in [1.82, 2.24) is 4.31 Å². The van der Waals surface area contributed by atoms with Crippen molar-refractivity contribution in [1.29, 1.82) is 5.26 Å². The second kappa shape index (κ2) is 5.95. The summed E-state index contributed by atoms with van der Waals surface area (Å²) < 4.78 is 26.2. The van der Waals surface area contributed by atoms with Crippen LogP contribution in [0, 0.1) is 11.3 Å². The Morgan fingerprint density at radius 3 is 2.33 bits per heavy atom. The number of para-hydroxylation sites is 1. The van der Waals surface area contributed by atoms with Gasteiger partial charge >= 0.3 is 0 Å². The van der Waals surface area contributed by atoms with E-state index in [1.54, 1.807) is 42.5 Å². The monoisotopic (exact) mass is 301 g/mol. The zero-order valence-corrected chi connectivity index (χ0v) is 12.3. The number of hydrogen-bond donors (Lipinski definition) is 1. The summed E-state index contributed by atoms with van der Waals surface area (Å²) in [5.74, 6) is 0. The molecule has 2 aromatic rings. The summed E-state index contributed by atoms with van der Waals surface area (Å²) >= 11 is 0. The lowest BCUT2D eigenvalue weighted by atomic mass is 10.1. The van der Waals surface area contributed by atoms with Gasteiger partial charge in [0.15, 0.2) is 0 Å². The van der Waals surface area contributed by atoms with Gasteiger partial charge in [-0.05, 0) is 29.8 Å². The molecule has 0 amide bonds. The van der Waals surface area contributed by atoms with Crippen LogP contribution in [0.25, 0.3) is 0 Å². The van der Waals surface area contributed by atoms with Crippen LogP contribution in [0.2, 0.25) is 0 Å². The van der Waals surface area contributed by atoms with Crippen molar-refractivity contribution in [3.05, 3.63) is 59.7 Å². The highest BCUT2D eigenvalue weighted by Gasteiger charge is 2.22. The summed E-state index contributed by atoms with van der Waals surface area (Å²) in [5, 5.41) is 8.75. The van der Waals surface area contributed by atoms with E-state index in [2.05, 4.69) is 0 Å². The molecular weight excluding hydrogens is 286 g/mol. The fourth-order valence-corrected chi connectivity index (χ4v) is 3.18. The summed E-state index contributed by atoms with van der Waals surface area (Å²) in [7, 11) is -2.14. The minimum Gasteiger partial charge on any atom is -0.398 e. The molecule has 2 N–H and O–H groups in total. The Morgan fingerprint density at radius 1 is 1.14 bits per heavy atom. The van der Waals surface area contributed by atoms with E-state index < -0.39 is 10.0 Å². The maximum absolute atomic E-state index is 12.5. The summed E-state index contributed by atoms with van der Waals surface area (Å²) in [5.41, 5.74) is 7.30. The summed E-state index contributed by atoms with van der Waals surface area (Å²) in [6.07, 6.45) is 0. The maximum atomic E-state index is 12.5. The third kappa shape index (κ3) is 3.21. The number of nitrogens with zero attached hydrogens (tertiary/aromatic N) is 2. The van der Waals surface area contributed by atoms with Crippen molar-refractivity contribution in [3.8, 4) is 6.07 Å². The van der Waals surface area contributed by atoms with Crippen molar-refractivity contribution < 1.29 is 8.42 Å². The van der Waals surface area contributed by atoms with Crippen molar-refractivity contribution in [2.45, 2.75) is 11.4 Å². The standard InChI is InChI=1S/C15H15N3O2S/c1-18(11-13-8-6-12(10-16)7-9-13)21(19,20)15-5-3-2-4-14(15)17/h2-9H,11,17H2,1H3. The predicted octanol–water partition coefficient (Wildman–Crippen LogP) is 1.96. The van der Waals surface area contributed by atoms with E-state index in [0.29, 0.717) is 5.56 Å². The van der Waals surface area contributed by atoms with Crippen LogP contribution in [-0.2, 0) is 16.6 Å². The van der Waals surface area contributed by atoms with Crippen LogP contribution < -0.4 is 5.73 Å². The lowest BCUT2D eigenvalue weighted by Crippen LogP contribution is -2.27. The fraction of sp³-hybridized carbons (Fsp3) is 0.133. The van der Waals surface area contributed by atoms with Gasteiger partial charge in [0, 0.05) is 13.6 Å². The van der Waals surface area contributed by atoms with Crippen molar-refractivity contribution in [2.24, 2.45) is 0 Å². The molecule has 0 saturated carbocycles. The number of anilines is 1. The van der Waals surface area contributed by atoms with Gasteiger partial charge in [-0.3, -0.25) is 0 Å². The molecule has 108 valence electrons. The first-order valence-electron chi connectivity index (χ1n) is 6.25. The molecule has 0 aliphatic rings. The van der Waals surface area contributed by atoms with E-state index in [9.17, 15) is 8.42 Å². The normalized spacial score (nSPS) is 11.3. The van der Waals surface area contributed by atoms with Crippen LogP contribution in [0.5, 0.6) is 0 Å². The van der Waals surface area contributed by atoms with Gasteiger partial charge in [-0.2, -0.15) is 9.57 Å². The maximum Gasteiger partial charge on any atom is 0.245 e. The number of nitrogen functional groups attached to an aromatic ring is 1. The Bertz CT molecular complexity index is 777. The summed E-state index contributed by atoms with van der Waals surface area (Å²) in [6, 6.07) is 15.2. The Morgan fingerprint density at radius 2 is 1.76 bits per heavy atom. The van der Waals surface area contributed by atoms with Crippen LogP contribution >= 0.6 is 0 Å². The lowest BCUT2D eigenvalue weighted by molar-refractivity contribution is 0.467. The van der Waals surface area contributed by atoms with E-state index in [1.807, 2.05) is 6.07 Å². The smallest absolute Gasteiger partial charge is 0.245 e. The highest BCUT2D eigenvalue weighted by Crippen LogP contribution is 2.22.